The topological polar surface area (TPSA) is 38.7 Å². The smallest absolute Gasteiger partial charge is 0.184 e. The molecule has 0 bridgehead atoms. The van der Waals surface area contributed by atoms with E-state index in [0.717, 1.165) is 17.7 Å². The Labute approximate surface area is 127 Å². The molecule has 2 aromatic rings. The molecular formula is C17H16F2O3. The molecule has 1 saturated heterocycles. The fourth-order valence-corrected chi connectivity index (χ4v) is 2.58. The van der Waals surface area contributed by atoms with Crippen LogP contribution in [-0.4, -0.2) is 17.8 Å². The second-order valence-corrected chi connectivity index (χ2v) is 5.38. The summed E-state index contributed by atoms with van der Waals surface area (Å²) in [6, 6.07) is 12.3. The van der Waals surface area contributed by atoms with Crippen LogP contribution in [0.2, 0.25) is 0 Å². The molecule has 2 aromatic carbocycles. The van der Waals surface area contributed by atoms with Crippen LogP contribution in [0.15, 0.2) is 48.5 Å². The van der Waals surface area contributed by atoms with Crippen LogP contribution in [0.1, 0.15) is 24.3 Å². The average Bonchev–Trinajstić information content (AvgIpc) is 2.51. The van der Waals surface area contributed by atoms with Crippen LogP contribution in [0.3, 0.4) is 0 Å². The van der Waals surface area contributed by atoms with E-state index in [4.69, 9.17) is 9.47 Å². The highest BCUT2D eigenvalue weighted by atomic mass is 19.1. The van der Waals surface area contributed by atoms with Gasteiger partial charge in [0.25, 0.3) is 0 Å². The number of ether oxygens (including phenoxy) is 2. The Morgan fingerprint density at radius 2 is 1.86 bits per heavy atom. The summed E-state index contributed by atoms with van der Waals surface area (Å²) in [6.45, 7) is 1.50. The lowest BCUT2D eigenvalue weighted by Crippen LogP contribution is -2.49. The molecule has 5 heteroatoms. The van der Waals surface area contributed by atoms with Crippen molar-refractivity contribution in [3.05, 3.63) is 71.3 Å². The summed E-state index contributed by atoms with van der Waals surface area (Å²) in [4.78, 5) is 0. The number of hydrogen-bond acceptors (Lipinski definition) is 3. The maximum absolute atomic E-state index is 14.0. The van der Waals surface area contributed by atoms with Crippen molar-refractivity contribution in [2.45, 2.75) is 24.9 Å². The molecule has 0 aromatic heterocycles. The first-order chi connectivity index (χ1) is 10.5. The van der Waals surface area contributed by atoms with Gasteiger partial charge in [0.15, 0.2) is 6.29 Å². The minimum absolute atomic E-state index is 0.0343. The van der Waals surface area contributed by atoms with E-state index < -0.39 is 29.6 Å². The Kier molecular flexibility index (Phi) is 3.95. The molecule has 1 aliphatic heterocycles. The molecule has 1 N–H and O–H groups in total. The van der Waals surface area contributed by atoms with Gasteiger partial charge in [0.05, 0.1) is 12.7 Å². The van der Waals surface area contributed by atoms with E-state index in [1.54, 1.807) is 6.92 Å². The van der Waals surface area contributed by atoms with Crippen molar-refractivity contribution in [2.75, 3.05) is 6.61 Å². The highest BCUT2D eigenvalue weighted by Crippen LogP contribution is 2.38. The zero-order chi connectivity index (χ0) is 15.7. The summed E-state index contributed by atoms with van der Waals surface area (Å²) in [7, 11) is 0. The Balaban J connectivity index is 1.85. The largest absolute Gasteiger partial charge is 0.380 e. The molecule has 1 aliphatic rings. The van der Waals surface area contributed by atoms with Crippen molar-refractivity contribution >= 4 is 0 Å². The number of hydrogen-bond donors (Lipinski definition) is 1. The van der Waals surface area contributed by atoms with Crippen molar-refractivity contribution in [1.82, 2.24) is 0 Å². The standard InChI is InChI=1S/C17H16F2O3/c1-11-17(20,14-8-7-13(18)9-15(14)19)10-21-16(22-11)12-5-3-2-4-6-12/h2-9,11,16,20H,10H2,1H3/t11-,16+,17-/m1/s1. The first kappa shape index (κ1) is 15.1. The third-order valence-electron chi connectivity index (χ3n) is 3.92. The zero-order valence-electron chi connectivity index (χ0n) is 12.0. The molecule has 0 spiro atoms. The summed E-state index contributed by atoms with van der Waals surface area (Å²) in [5.41, 5.74) is -0.882. The molecule has 0 aliphatic carbocycles. The molecule has 3 rings (SSSR count). The highest BCUT2D eigenvalue weighted by molar-refractivity contribution is 5.27. The minimum Gasteiger partial charge on any atom is -0.380 e. The summed E-state index contributed by atoms with van der Waals surface area (Å²) < 4.78 is 38.3. The van der Waals surface area contributed by atoms with Gasteiger partial charge in [-0.15, -0.1) is 0 Å². The van der Waals surface area contributed by atoms with Gasteiger partial charge in [0.1, 0.15) is 17.2 Å². The number of benzene rings is 2. The molecule has 1 fully saturated rings. The summed E-state index contributed by atoms with van der Waals surface area (Å²) in [6.07, 6.45) is -1.34. The van der Waals surface area contributed by atoms with Gasteiger partial charge in [0, 0.05) is 17.2 Å². The Bertz CT molecular complexity index is 662. The Morgan fingerprint density at radius 3 is 2.50 bits per heavy atom. The maximum atomic E-state index is 14.0. The highest BCUT2D eigenvalue weighted by Gasteiger charge is 2.45. The monoisotopic (exact) mass is 306 g/mol. The molecular weight excluding hydrogens is 290 g/mol. The van der Waals surface area contributed by atoms with Gasteiger partial charge >= 0.3 is 0 Å². The van der Waals surface area contributed by atoms with E-state index in [1.165, 1.54) is 6.07 Å². The van der Waals surface area contributed by atoms with Crippen LogP contribution in [0.4, 0.5) is 8.78 Å². The van der Waals surface area contributed by atoms with Crippen molar-refractivity contribution < 1.29 is 23.4 Å². The molecule has 22 heavy (non-hydrogen) atoms. The number of halogens is 2. The predicted molar refractivity (Wildman–Crippen MR) is 75.9 cm³/mol. The summed E-state index contributed by atoms with van der Waals surface area (Å²) in [5, 5.41) is 10.7. The van der Waals surface area contributed by atoms with Gasteiger partial charge in [-0.2, -0.15) is 0 Å². The van der Waals surface area contributed by atoms with Crippen LogP contribution in [0, 0.1) is 11.6 Å². The zero-order valence-corrected chi connectivity index (χ0v) is 12.0. The lowest BCUT2D eigenvalue weighted by molar-refractivity contribution is -0.294. The van der Waals surface area contributed by atoms with E-state index in [0.29, 0.717) is 0 Å². The normalized spacial score (nSPS) is 28.5. The van der Waals surface area contributed by atoms with E-state index in [2.05, 4.69) is 0 Å². The Morgan fingerprint density at radius 1 is 1.14 bits per heavy atom. The molecule has 0 radical (unpaired) electrons. The van der Waals surface area contributed by atoms with E-state index in [9.17, 15) is 13.9 Å². The maximum Gasteiger partial charge on any atom is 0.184 e. The van der Waals surface area contributed by atoms with Crippen LogP contribution in [0.5, 0.6) is 0 Å². The first-order valence-corrected chi connectivity index (χ1v) is 7.00. The SMILES string of the molecule is C[C@H]1O[C@@H](c2ccccc2)OC[C@]1(O)c1ccc(F)cc1F. The second-order valence-electron chi connectivity index (χ2n) is 5.38. The molecule has 3 atom stereocenters. The van der Waals surface area contributed by atoms with E-state index in [1.807, 2.05) is 30.3 Å². The summed E-state index contributed by atoms with van der Waals surface area (Å²) in [5.74, 6) is -1.52. The predicted octanol–water partition coefficient (Wildman–Crippen LogP) is 3.29. The van der Waals surface area contributed by atoms with E-state index >= 15 is 0 Å². The third-order valence-corrected chi connectivity index (χ3v) is 3.92. The Hall–Kier alpha value is -1.82. The molecule has 116 valence electrons. The van der Waals surface area contributed by atoms with Gasteiger partial charge in [0.2, 0.25) is 0 Å². The fraction of sp³-hybridized carbons (Fsp3) is 0.294. The van der Waals surface area contributed by atoms with Crippen LogP contribution < -0.4 is 0 Å². The number of aliphatic hydroxyl groups is 1. The lowest BCUT2D eigenvalue weighted by Gasteiger charge is -2.41. The van der Waals surface area contributed by atoms with Gasteiger partial charge in [-0.1, -0.05) is 36.4 Å². The molecule has 0 saturated carbocycles. The van der Waals surface area contributed by atoms with Gasteiger partial charge in [-0.25, -0.2) is 8.78 Å². The van der Waals surface area contributed by atoms with Crippen molar-refractivity contribution in [1.29, 1.82) is 0 Å². The van der Waals surface area contributed by atoms with Gasteiger partial charge in [-0.3, -0.25) is 0 Å². The van der Waals surface area contributed by atoms with Gasteiger partial charge < -0.3 is 14.6 Å². The van der Waals surface area contributed by atoms with Crippen molar-refractivity contribution in [3.8, 4) is 0 Å². The number of rotatable bonds is 2. The first-order valence-electron chi connectivity index (χ1n) is 7.00. The quantitative estimate of drug-likeness (QED) is 0.925. The van der Waals surface area contributed by atoms with Crippen LogP contribution in [0.25, 0.3) is 0 Å². The molecule has 0 amide bonds. The van der Waals surface area contributed by atoms with Crippen LogP contribution >= 0.6 is 0 Å². The van der Waals surface area contributed by atoms with Crippen LogP contribution in [-0.2, 0) is 15.1 Å². The third kappa shape index (κ3) is 2.63. The molecule has 0 unspecified atom stereocenters. The lowest BCUT2D eigenvalue weighted by atomic mass is 9.88. The molecule has 1 heterocycles. The fourth-order valence-electron chi connectivity index (χ4n) is 2.58. The second kappa shape index (κ2) is 5.76. The average molecular weight is 306 g/mol. The van der Waals surface area contributed by atoms with Crippen molar-refractivity contribution in [2.24, 2.45) is 0 Å². The van der Waals surface area contributed by atoms with Gasteiger partial charge in [-0.05, 0) is 13.0 Å². The van der Waals surface area contributed by atoms with Crippen molar-refractivity contribution in [3.63, 3.8) is 0 Å². The minimum atomic E-state index is -1.66. The molecule has 3 nitrogen and oxygen atoms in total. The summed E-state index contributed by atoms with van der Waals surface area (Å²) >= 11 is 0. The van der Waals surface area contributed by atoms with E-state index in [-0.39, 0.29) is 12.2 Å².